The van der Waals surface area contributed by atoms with Crippen molar-refractivity contribution in [2.24, 2.45) is 5.41 Å². The topological polar surface area (TPSA) is 116 Å². The van der Waals surface area contributed by atoms with E-state index < -0.39 is 58.1 Å². The smallest absolute Gasteiger partial charge is 0.435 e. The maximum Gasteiger partial charge on any atom is 0.435 e. The summed E-state index contributed by atoms with van der Waals surface area (Å²) in [7, 11) is 1.19. The lowest BCUT2D eigenvalue weighted by molar-refractivity contribution is -0.156. The molecule has 3 aromatic rings. The predicted octanol–water partition coefficient (Wildman–Crippen LogP) is 6.30. The molecule has 1 N–H and O–H groups in total. The third kappa shape index (κ3) is 7.43. The highest BCUT2D eigenvalue weighted by atomic mass is 19.4. The first-order valence-corrected chi connectivity index (χ1v) is 14.2. The van der Waals surface area contributed by atoms with Crippen molar-refractivity contribution in [1.82, 2.24) is 19.7 Å². The van der Waals surface area contributed by atoms with Gasteiger partial charge in [-0.2, -0.15) is 17.9 Å². The van der Waals surface area contributed by atoms with Crippen molar-refractivity contribution in [3.8, 4) is 0 Å². The Balaban J connectivity index is 1.56. The van der Waals surface area contributed by atoms with E-state index in [9.17, 15) is 27.6 Å². The van der Waals surface area contributed by atoms with Crippen LogP contribution < -0.4 is 5.32 Å². The molecule has 1 fully saturated rings. The van der Waals surface area contributed by atoms with Crippen LogP contribution in [0.5, 0.6) is 0 Å². The number of likely N-dealkylation sites (tertiary alicyclic amines) is 1. The number of carbonyl (C=O) groups excluding carboxylic acids is 3. The second-order valence-electron chi connectivity index (χ2n) is 12.1. The van der Waals surface area contributed by atoms with E-state index in [-0.39, 0.29) is 43.1 Å². The molecule has 1 aromatic carbocycles. The van der Waals surface area contributed by atoms with E-state index in [2.05, 4.69) is 15.4 Å². The Morgan fingerprint density at radius 1 is 1.09 bits per heavy atom. The number of aromatic nitrogens is 3. The third-order valence-electron chi connectivity index (χ3n) is 7.53. The lowest BCUT2D eigenvalue weighted by Crippen LogP contribution is -2.52. The van der Waals surface area contributed by atoms with Crippen LogP contribution in [0.3, 0.4) is 0 Å². The van der Waals surface area contributed by atoms with Gasteiger partial charge in [-0.05, 0) is 71.7 Å². The van der Waals surface area contributed by atoms with Gasteiger partial charge >= 0.3 is 18.2 Å². The molecule has 0 aliphatic carbocycles. The van der Waals surface area contributed by atoms with Gasteiger partial charge in [0.05, 0.1) is 29.3 Å². The van der Waals surface area contributed by atoms with Crippen molar-refractivity contribution in [2.75, 3.05) is 19.0 Å². The summed E-state index contributed by atoms with van der Waals surface area (Å²) in [4.78, 5) is 44.6. The van der Waals surface area contributed by atoms with Gasteiger partial charge in [-0.25, -0.2) is 14.2 Å². The molecule has 3 heterocycles. The van der Waals surface area contributed by atoms with Crippen LogP contribution in [-0.2, 0) is 26.9 Å². The first-order valence-electron chi connectivity index (χ1n) is 14.2. The van der Waals surface area contributed by atoms with Crippen molar-refractivity contribution < 1.29 is 41.4 Å². The van der Waals surface area contributed by atoms with Gasteiger partial charge in [-0.3, -0.25) is 9.59 Å². The molecule has 242 valence electrons. The van der Waals surface area contributed by atoms with Crippen LogP contribution >= 0.6 is 0 Å². The molecular formula is C31H35F4N5O5. The number of nitrogens with one attached hydrogen (secondary N) is 1. The van der Waals surface area contributed by atoms with Crippen LogP contribution in [0.2, 0.25) is 0 Å². The van der Waals surface area contributed by atoms with E-state index in [0.717, 1.165) is 16.8 Å². The summed E-state index contributed by atoms with van der Waals surface area (Å²) >= 11 is 0. The number of hydrogen-bond donors (Lipinski definition) is 1. The Labute approximate surface area is 257 Å². The monoisotopic (exact) mass is 633 g/mol. The summed E-state index contributed by atoms with van der Waals surface area (Å²) in [6, 6.07) is 7.96. The maximum atomic E-state index is 15.1. The van der Waals surface area contributed by atoms with Gasteiger partial charge < -0.3 is 19.7 Å². The normalized spacial score (nSPS) is 18.8. The largest absolute Gasteiger partial charge is 0.469 e. The van der Waals surface area contributed by atoms with E-state index >= 15 is 4.39 Å². The fourth-order valence-corrected chi connectivity index (χ4v) is 5.50. The highest BCUT2D eigenvalue weighted by Gasteiger charge is 2.48. The van der Waals surface area contributed by atoms with Gasteiger partial charge in [-0.15, -0.1) is 5.10 Å². The molecule has 45 heavy (non-hydrogen) atoms. The number of benzene rings is 1. The number of ether oxygens (including phenoxy) is 2. The summed E-state index contributed by atoms with van der Waals surface area (Å²) in [5.41, 5.74) is -3.17. The third-order valence-corrected chi connectivity index (χ3v) is 7.53. The zero-order chi connectivity index (χ0) is 33.3. The van der Waals surface area contributed by atoms with Crippen LogP contribution in [-0.4, -0.2) is 62.9 Å². The molecule has 14 heteroatoms. The molecule has 0 bridgehead atoms. The zero-order valence-corrected chi connectivity index (χ0v) is 25.8. The molecule has 2 unspecified atom stereocenters. The maximum absolute atomic E-state index is 15.1. The quantitative estimate of drug-likeness (QED) is 0.249. The molecule has 2 aromatic heterocycles. The number of carbonyl (C=O) groups is 3. The Morgan fingerprint density at radius 3 is 2.40 bits per heavy atom. The van der Waals surface area contributed by atoms with Gasteiger partial charge in [0.15, 0.2) is 5.82 Å². The molecule has 0 radical (unpaired) electrons. The van der Waals surface area contributed by atoms with Crippen LogP contribution in [0.4, 0.5) is 34.0 Å². The Morgan fingerprint density at radius 2 is 1.78 bits per heavy atom. The van der Waals surface area contributed by atoms with E-state index in [0.29, 0.717) is 5.69 Å². The van der Waals surface area contributed by atoms with Crippen LogP contribution in [0, 0.1) is 18.2 Å². The van der Waals surface area contributed by atoms with Gasteiger partial charge in [-0.1, -0.05) is 12.1 Å². The molecule has 1 aliphatic heterocycles. The number of methoxy groups -OCH3 is 1. The summed E-state index contributed by atoms with van der Waals surface area (Å²) in [6.45, 7) is 8.39. The highest BCUT2D eigenvalue weighted by molar-refractivity contribution is 5.96. The minimum Gasteiger partial charge on any atom is -0.469 e. The Kier molecular flexibility index (Phi) is 9.27. The molecule has 4 rings (SSSR count). The van der Waals surface area contributed by atoms with Crippen molar-refractivity contribution >= 4 is 29.6 Å². The average molecular weight is 634 g/mol. The van der Waals surface area contributed by atoms with Crippen molar-refractivity contribution in [2.45, 2.75) is 71.7 Å². The van der Waals surface area contributed by atoms with Crippen molar-refractivity contribution in [3.63, 3.8) is 0 Å². The molecule has 0 saturated carbocycles. The molecule has 2 atom stereocenters. The predicted molar refractivity (Wildman–Crippen MR) is 155 cm³/mol. The SMILES string of the molecule is COC(=O)C1(Cc2nc(Nc3cc(C)n(C(=O)OC(C)(C)C)n3)ccc2F)CCN(C(=O)c2ccccc2C(F)(F)F)C(C)C1. The van der Waals surface area contributed by atoms with Crippen LogP contribution in [0.1, 0.15) is 67.8 Å². The molecule has 1 saturated heterocycles. The minimum absolute atomic E-state index is 0.00212. The first-order chi connectivity index (χ1) is 20.9. The summed E-state index contributed by atoms with van der Waals surface area (Å²) in [6.07, 6.45) is -5.60. The number of nitrogens with zero attached hydrogens (tertiary/aromatic N) is 4. The Bertz CT molecular complexity index is 1600. The van der Waals surface area contributed by atoms with Crippen LogP contribution in [0.25, 0.3) is 0 Å². The number of halogens is 4. The van der Waals surface area contributed by atoms with E-state index in [1.165, 1.54) is 36.3 Å². The number of esters is 1. The van der Waals surface area contributed by atoms with E-state index in [1.807, 2.05) is 0 Å². The standard InChI is InChI=1S/C31H35F4N5O5/c1-18-15-25(38-40(18)28(43)45-29(3,4)5)37-24-12-11-22(32)23(36-24)17-30(27(42)44-6)13-14-39(19(2)16-30)26(41)20-9-7-8-10-21(20)31(33,34)35/h7-12,15,19H,13-14,16-17H2,1-6H3,(H,36,37,38). The van der Waals surface area contributed by atoms with Crippen LogP contribution in [0.15, 0.2) is 42.5 Å². The number of amides is 1. The molecule has 10 nitrogen and oxygen atoms in total. The summed E-state index contributed by atoms with van der Waals surface area (Å²) in [5, 5.41) is 7.14. The summed E-state index contributed by atoms with van der Waals surface area (Å²) in [5.74, 6) is -1.73. The average Bonchev–Trinajstić information content (AvgIpc) is 3.32. The highest BCUT2D eigenvalue weighted by Crippen LogP contribution is 2.41. The second-order valence-corrected chi connectivity index (χ2v) is 12.1. The zero-order valence-electron chi connectivity index (χ0n) is 25.8. The number of hydrogen-bond acceptors (Lipinski definition) is 8. The fourth-order valence-electron chi connectivity index (χ4n) is 5.50. The van der Waals surface area contributed by atoms with Gasteiger partial charge in [0.1, 0.15) is 17.2 Å². The fraction of sp³-hybridized carbons (Fsp3) is 0.452. The van der Waals surface area contributed by atoms with Gasteiger partial charge in [0.2, 0.25) is 0 Å². The number of anilines is 2. The van der Waals surface area contributed by atoms with E-state index in [1.54, 1.807) is 40.7 Å². The second kappa shape index (κ2) is 12.5. The number of pyridine rings is 1. The molecular weight excluding hydrogens is 598 g/mol. The summed E-state index contributed by atoms with van der Waals surface area (Å²) < 4.78 is 67.5. The number of alkyl halides is 3. The number of aryl methyl sites for hydroxylation is 1. The van der Waals surface area contributed by atoms with Crippen molar-refractivity contribution in [3.05, 3.63) is 70.8 Å². The molecule has 1 aliphatic rings. The van der Waals surface area contributed by atoms with Crippen molar-refractivity contribution in [1.29, 1.82) is 0 Å². The lowest BCUT2D eigenvalue weighted by Gasteiger charge is -2.44. The van der Waals surface area contributed by atoms with Gasteiger partial charge in [0.25, 0.3) is 5.91 Å². The number of rotatable bonds is 6. The number of piperidine rings is 1. The van der Waals surface area contributed by atoms with Gasteiger partial charge in [0, 0.05) is 30.8 Å². The molecule has 1 amide bonds. The minimum atomic E-state index is -4.73. The molecule has 0 spiro atoms. The Hall–Kier alpha value is -4.49. The van der Waals surface area contributed by atoms with E-state index in [4.69, 9.17) is 9.47 Å². The lowest BCUT2D eigenvalue weighted by atomic mass is 9.72. The first kappa shape index (κ1) is 33.4.